The average Bonchev–Trinajstić information content (AvgIpc) is 2.55. The third-order valence-corrected chi connectivity index (χ3v) is 3.75. The molecule has 1 aliphatic heterocycles. The fourth-order valence-corrected chi connectivity index (χ4v) is 2.44. The van der Waals surface area contributed by atoms with Crippen molar-refractivity contribution in [3.8, 4) is 0 Å². The zero-order valence-electron chi connectivity index (χ0n) is 15.4. The highest BCUT2D eigenvalue weighted by atomic mass is 19.4. The minimum absolute atomic E-state index is 0.0559. The van der Waals surface area contributed by atoms with E-state index in [1.165, 1.54) is 4.90 Å². The molecule has 1 fully saturated rings. The Kier molecular flexibility index (Phi) is 6.37. The van der Waals surface area contributed by atoms with Crippen molar-refractivity contribution in [3.63, 3.8) is 0 Å². The Bertz CT molecular complexity index is 761. The topological polar surface area (TPSA) is 97.0 Å². The number of rotatable bonds is 4. The fourth-order valence-electron chi connectivity index (χ4n) is 2.44. The predicted octanol–water partition coefficient (Wildman–Crippen LogP) is 2.84. The van der Waals surface area contributed by atoms with Crippen molar-refractivity contribution in [2.45, 2.75) is 32.2 Å². The lowest BCUT2D eigenvalue weighted by atomic mass is 10.0. The van der Waals surface area contributed by atoms with Crippen LogP contribution in [0.5, 0.6) is 0 Å². The van der Waals surface area contributed by atoms with Gasteiger partial charge in [-0.2, -0.15) is 13.2 Å². The van der Waals surface area contributed by atoms with Gasteiger partial charge in [0.1, 0.15) is 6.10 Å². The summed E-state index contributed by atoms with van der Waals surface area (Å²) in [5, 5.41) is 4.65. The quantitative estimate of drug-likeness (QED) is 0.806. The number of amides is 3. The Labute approximate surface area is 159 Å². The summed E-state index contributed by atoms with van der Waals surface area (Å²) in [7, 11) is 1.06. The monoisotopic (exact) mass is 403 g/mol. The van der Waals surface area contributed by atoms with Crippen LogP contribution in [0.15, 0.2) is 18.2 Å². The molecule has 1 aromatic carbocycles. The maximum atomic E-state index is 13.1. The van der Waals surface area contributed by atoms with Gasteiger partial charge >= 0.3 is 18.4 Å². The minimum atomic E-state index is -4.71. The molecular weight excluding hydrogens is 383 g/mol. The van der Waals surface area contributed by atoms with E-state index in [0.717, 1.165) is 13.2 Å². The number of carbonyl (C=O) groups is 3. The van der Waals surface area contributed by atoms with Gasteiger partial charge in [0.05, 0.1) is 25.8 Å². The van der Waals surface area contributed by atoms with E-state index in [1.807, 2.05) is 0 Å². The van der Waals surface area contributed by atoms with Crippen molar-refractivity contribution in [3.05, 3.63) is 29.3 Å². The van der Waals surface area contributed by atoms with E-state index in [4.69, 9.17) is 4.74 Å². The molecule has 1 aliphatic rings. The zero-order chi connectivity index (χ0) is 21.1. The lowest BCUT2D eigenvalue weighted by Crippen LogP contribution is -2.56. The molecule has 1 heterocycles. The Morgan fingerprint density at radius 1 is 1.14 bits per heavy atom. The van der Waals surface area contributed by atoms with Crippen molar-refractivity contribution in [2.75, 3.05) is 25.5 Å². The summed E-state index contributed by atoms with van der Waals surface area (Å²) in [6, 6.07) is 2.40. The molecule has 0 aromatic heterocycles. The highest BCUT2D eigenvalue weighted by Gasteiger charge is 2.36. The maximum Gasteiger partial charge on any atom is 0.416 e. The minimum Gasteiger partial charge on any atom is -0.453 e. The fraction of sp³-hybridized carbons (Fsp3) is 0.471. The molecule has 2 N–H and O–H groups in total. The normalized spacial score (nSPS) is 14.3. The molecular formula is C17H20F3N3O5. The zero-order valence-corrected chi connectivity index (χ0v) is 15.4. The van der Waals surface area contributed by atoms with Gasteiger partial charge in [0, 0.05) is 17.3 Å². The average molecular weight is 403 g/mol. The Balaban J connectivity index is 2.09. The molecule has 0 aliphatic carbocycles. The second kappa shape index (κ2) is 8.36. The van der Waals surface area contributed by atoms with Gasteiger partial charge in [0.2, 0.25) is 0 Å². The van der Waals surface area contributed by atoms with E-state index in [1.54, 1.807) is 13.8 Å². The van der Waals surface area contributed by atoms with Crippen LogP contribution in [0.2, 0.25) is 0 Å². The van der Waals surface area contributed by atoms with Crippen LogP contribution in [-0.2, 0) is 15.7 Å². The molecule has 2 rings (SSSR count). The van der Waals surface area contributed by atoms with Crippen molar-refractivity contribution < 1.29 is 37.0 Å². The third kappa shape index (κ3) is 5.51. The molecule has 1 aromatic rings. The van der Waals surface area contributed by atoms with Crippen LogP contribution in [-0.4, -0.2) is 55.3 Å². The number of nitrogens with one attached hydrogen (secondary N) is 2. The van der Waals surface area contributed by atoms with Crippen LogP contribution in [0, 0.1) is 0 Å². The molecule has 3 amide bonds. The van der Waals surface area contributed by atoms with Crippen LogP contribution < -0.4 is 10.6 Å². The summed E-state index contributed by atoms with van der Waals surface area (Å²) in [6.45, 7) is 3.62. The number of likely N-dealkylation sites (tertiary alicyclic amines) is 1. The number of hydrogen-bond acceptors (Lipinski definition) is 5. The molecule has 28 heavy (non-hydrogen) atoms. The lowest BCUT2D eigenvalue weighted by molar-refractivity contribution is -0.137. The number of methoxy groups -OCH3 is 1. The van der Waals surface area contributed by atoms with Crippen LogP contribution in [0.1, 0.15) is 29.8 Å². The summed E-state index contributed by atoms with van der Waals surface area (Å²) in [5.74, 6) is -0.678. The number of halogens is 3. The smallest absolute Gasteiger partial charge is 0.416 e. The van der Waals surface area contributed by atoms with Crippen molar-refractivity contribution in [1.82, 2.24) is 10.2 Å². The number of alkyl halides is 3. The number of alkyl carbamates (subject to hydrolysis) is 1. The number of ether oxygens (including phenoxy) is 2. The summed E-state index contributed by atoms with van der Waals surface area (Å²) >= 11 is 0. The van der Waals surface area contributed by atoms with Crippen LogP contribution in [0.4, 0.5) is 28.4 Å². The maximum absolute atomic E-state index is 13.1. The second-order valence-electron chi connectivity index (χ2n) is 6.45. The van der Waals surface area contributed by atoms with E-state index < -0.39 is 35.9 Å². The largest absolute Gasteiger partial charge is 0.453 e. The Hall–Kier alpha value is -2.98. The highest BCUT2D eigenvalue weighted by Crippen LogP contribution is 2.32. The van der Waals surface area contributed by atoms with Gasteiger partial charge in [-0.15, -0.1) is 0 Å². The molecule has 154 valence electrons. The van der Waals surface area contributed by atoms with Crippen LogP contribution in [0.3, 0.4) is 0 Å². The van der Waals surface area contributed by atoms with Gasteiger partial charge in [0.25, 0.3) is 5.91 Å². The molecule has 0 atom stereocenters. The number of nitrogens with zero attached hydrogens (tertiary/aromatic N) is 1. The lowest BCUT2D eigenvalue weighted by Gasteiger charge is -2.38. The highest BCUT2D eigenvalue weighted by molar-refractivity contribution is 5.97. The van der Waals surface area contributed by atoms with Crippen molar-refractivity contribution >= 4 is 23.8 Å². The molecule has 11 heteroatoms. The van der Waals surface area contributed by atoms with E-state index in [0.29, 0.717) is 12.1 Å². The van der Waals surface area contributed by atoms with Crippen molar-refractivity contribution in [1.29, 1.82) is 0 Å². The number of hydrogen-bond donors (Lipinski definition) is 2. The predicted molar refractivity (Wildman–Crippen MR) is 91.9 cm³/mol. The molecule has 0 radical (unpaired) electrons. The standard InChI is InChI=1S/C17H20F3N3O5/c1-9(2)21-16(26)28-13-7-23(8-13)14(24)10-4-11(17(18,19)20)6-12(5-10)22-15(25)27-3/h4-6,9,13H,7-8H2,1-3H3,(H,21,26)(H,22,25). The van der Waals surface area contributed by atoms with Crippen molar-refractivity contribution in [2.24, 2.45) is 0 Å². The molecule has 0 unspecified atom stereocenters. The number of anilines is 1. The van der Waals surface area contributed by atoms with Gasteiger partial charge < -0.3 is 19.7 Å². The first-order chi connectivity index (χ1) is 13.0. The molecule has 8 nitrogen and oxygen atoms in total. The van der Waals surface area contributed by atoms with E-state index in [9.17, 15) is 27.6 Å². The number of carbonyl (C=O) groups excluding carboxylic acids is 3. The molecule has 0 bridgehead atoms. The first-order valence-corrected chi connectivity index (χ1v) is 8.33. The second-order valence-corrected chi connectivity index (χ2v) is 6.45. The van der Waals surface area contributed by atoms with Gasteiger partial charge in [-0.1, -0.05) is 0 Å². The summed E-state index contributed by atoms with van der Waals surface area (Å²) < 4.78 is 48.8. The summed E-state index contributed by atoms with van der Waals surface area (Å²) in [5.41, 5.74) is -1.57. The third-order valence-electron chi connectivity index (χ3n) is 3.75. The number of benzene rings is 1. The SMILES string of the molecule is COC(=O)Nc1cc(C(=O)N2CC(OC(=O)NC(C)C)C2)cc(C(F)(F)F)c1. The molecule has 0 saturated carbocycles. The van der Waals surface area contributed by atoms with E-state index >= 15 is 0 Å². The Morgan fingerprint density at radius 2 is 1.79 bits per heavy atom. The summed E-state index contributed by atoms with van der Waals surface area (Å²) in [6.07, 6.45) is -6.85. The molecule has 1 saturated heterocycles. The van der Waals surface area contributed by atoms with Crippen LogP contribution in [0.25, 0.3) is 0 Å². The molecule has 0 spiro atoms. The van der Waals surface area contributed by atoms with Crippen LogP contribution >= 0.6 is 0 Å². The summed E-state index contributed by atoms with van der Waals surface area (Å²) in [4.78, 5) is 36.5. The van der Waals surface area contributed by atoms with Gasteiger partial charge in [0.15, 0.2) is 0 Å². The van der Waals surface area contributed by atoms with E-state index in [2.05, 4.69) is 15.4 Å². The first-order valence-electron chi connectivity index (χ1n) is 8.33. The Morgan fingerprint density at radius 3 is 2.32 bits per heavy atom. The first kappa shape index (κ1) is 21.3. The van der Waals surface area contributed by atoms with Gasteiger partial charge in [-0.05, 0) is 32.0 Å². The van der Waals surface area contributed by atoms with E-state index in [-0.39, 0.29) is 30.4 Å². The van der Waals surface area contributed by atoms with Gasteiger partial charge in [-0.3, -0.25) is 10.1 Å². The van der Waals surface area contributed by atoms with Gasteiger partial charge in [-0.25, -0.2) is 9.59 Å².